The standard InChI is InChI=1S/C12H25N3O/c1-2-15-9-5-6-11(15)10-14-12(16)7-3-4-8-13/h11H,2-10,13H2,1H3,(H,14,16). The molecule has 0 bridgehead atoms. The molecule has 1 saturated heterocycles. The van der Waals surface area contributed by atoms with Crippen molar-refractivity contribution in [2.24, 2.45) is 5.73 Å². The Balaban J connectivity index is 2.11. The summed E-state index contributed by atoms with van der Waals surface area (Å²) in [6.07, 6.45) is 4.96. The second-order valence-corrected chi connectivity index (χ2v) is 4.47. The van der Waals surface area contributed by atoms with E-state index in [0.29, 0.717) is 19.0 Å². The molecular weight excluding hydrogens is 202 g/mol. The molecular formula is C12H25N3O. The van der Waals surface area contributed by atoms with Crippen LogP contribution in [-0.2, 0) is 4.79 Å². The van der Waals surface area contributed by atoms with Gasteiger partial charge in [-0.1, -0.05) is 6.92 Å². The highest BCUT2D eigenvalue weighted by atomic mass is 16.1. The molecule has 0 aromatic carbocycles. The van der Waals surface area contributed by atoms with Gasteiger partial charge in [-0.05, 0) is 45.3 Å². The Morgan fingerprint density at radius 1 is 1.50 bits per heavy atom. The van der Waals surface area contributed by atoms with Crippen molar-refractivity contribution in [1.82, 2.24) is 10.2 Å². The van der Waals surface area contributed by atoms with Crippen LogP contribution in [0, 0.1) is 0 Å². The van der Waals surface area contributed by atoms with Crippen molar-refractivity contribution < 1.29 is 4.79 Å². The lowest BCUT2D eigenvalue weighted by Crippen LogP contribution is -2.39. The summed E-state index contributed by atoms with van der Waals surface area (Å²) >= 11 is 0. The molecule has 0 saturated carbocycles. The number of nitrogens with one attached hydrogen (secondary N) is 1. The molecule has 0 aromatic heterocycles. The zero-order valence-corrected chi connectivity index (χ0v) is 10.4. The first-order valence-corrected chi connectivity index (χ1v) is 6.48. The Kier molecular flexibility index (Phi) is 6.42. The lowest BCUT2D eigenvalue weighted by atomic mass is 10.2. The Morgan fingerprint density at radius 3 is 3.00 bits per heavy atom. The molecule has 1 fully saturated rings. The quantitative estimate of drug-likeness (QED) is 0.630. The fraction of sp³-hybridized carbons (Fsp3) is 0.917. The van der Waals surface area contributed by atoms with E-state index in [1.54, 1.807) is 0 Å². The third-order valence-electron chi connectivity index (χ3n) is 3.30. The Labute approximate surface area is 98.6 Å². The van der Waals surface area contributed by atoms with E-state index in [0.717, 1.165) is 25.9 Å². The molecule has 1 heterocycles. The first-order chi connectivity index (χ1) is 7.77. The Bertz CT molecular complexity index is 208. The highest BCUT2D eigenvalue weighted by molar-refractivity contribution is 5.75. The van der Waals surface area contributed by atoms with Crippen LogP contribution in [0.15, 0.2) is 0 Å². The number of hydrogen-bond donors (Lipinski definition) is 2. The van der Waals surface area contributed by atoms with Crippen LogP contribution in [0.5, 0.6) is 0 Å². The van der Waals surface area contributed by atoms with Gasteiger partial charge in [0.15, 0.2) is 0 Å². The lowest BCUT2D eigenvalue weighted by molar-refractivity contribution is -0.121. The maximum Gasteiger partial charge on any atom is 0.220 e. The van der Waals surface area contributed by atoms with E-state index >= 15 is 0 Å². The number of hydrogen-bond acceptors (Lipinski definition) is 3. The predicted molar refractivity (Wildman–Crippen MR) is 66.2 cm³/mol. The molecule has 1 atom stereocenters. The van der Waals surface area contributed by atoms with Gasteiger partial charge in [0, 0.05) is 19.0 Å². The molecule has 3 N–H and O–H groups in total. The predicted octanol–water partition coefficient (Wildman–Crippen LogP) is 0.716. The topological polar surface area (TPSA) is 58.4 Å². The van der Waals surface area contributed by atoms with E-state index in [4.69, 9.17) is 5.73 Å². The molecule has 0 spiro atoms. The van der Waals surface area contributed by atoms with Crippen molar-refractivity contribution in [1.29, 1.82) is 0 Å². The minimum Gasteiger partial charge on any atom is -0.355 e. The van der Waals surface area contributed by atoms with Gasteiger partial charge in [0.05, 0.1) is 0 Å². The molecule has 0 aromatic rings. The van der Waals surface area contributed by atoms with Crippen LogP contribution in [0.25, 0.3) is 0 Å². The van der Waals surface area contributed by atoms with Gasteiger partial charge in [-0.3, -0.25) is 9.69 Å². The number of amides is 1. The SMILES string of the molecule is CCN1CCCC1CNC(=O)CCCCN. The lowest BCUT2D eigenvalue weighted by Gasteiger charge is -2.22. The molecule has 1 rings (SSSR count). The van der Waals surface area contributed by atoms with Crippen LogP contribution in [-0.4, -0.2) is 43.0 Å². The van der Waals surface area contributed by atoms with E-state index in [1.165, 1.54) is 19.4 Å². The average Bonchev–Trinajstić information content (AvgIpc) is 2.74. The largest absolute Gasteiger partial charge is 0.355 e. The van der Waals surface area contributed by atoms with E-state index in [-0.39, 0.29) is 5.91 Å². The van der Waals surface area contributed by atoms with Crippen LogP contribution in [0.3, 0.4) is 0 Å². The maximum absolute atomic E-state index is 11.5. The van der Waals surface area contributed by atoms with Gasteiger partial charge in [0.2, 0.25) is 5.91 Å². The normalized spacial score (nSPS) is 21.2. The van der Waals surface area contributed by atoms with E-state index in [1.807, 2.05) is 0 Å². The summed E-state index contributed by atoms with van der Waals surface area (Å²) in [5, 5.41) is 3.03. The van der Waals surface area contributed by atoms with Crippen LogP contribution in [0.4, 0.5) is 0 Å². The van der Waals surface area contributed by atoms with Crippen LogP contribution in [0.2, 0.25) is 0 Å². The number of rotatable bonds is 7. The molecule has 1 amide bonds. The molecule has 0 radical (unpaired) electrons. The number of carbonyl (C=O) groups excluding carboxylic acids is 1. The third-order valence-corrected chi connectivity index (χ3v) is 3.30. The summed E-state index contributed by atoms with van der Waals surface area (Å²) in [6.45, 7) is 5.95. The number of likely N-dealkylation sites (N-methyl/N-ethyl adjacent to an activating group) is 1. The van der Waals surface area contributed by atoms with Crippen molar-refractivity contribution >= 4 is 5.91 Å². The first kappa shape index (κ1) is 13.5. The number of unbranched alkanes of at least 4 members (excludes halogenated alkanes) is 1. The summed E-state index contributed by atoms with van der Waals surface area (Å²) < 4.78 is 0. The Morgan fingerprint density at radius 2 is 2.31 bits per heavy atom. The van der Waals surface area contributed by atoms with Crippen LogP contribution in [0.1, 0.15) is 39.0 Å². The molecule has 1 aliphatic rings. The molecule has 1 aliphatic heterocycles. The fourth-order valence-corrected chi connectivity index (χ4v) is 2.29. The van der Waals surface area contributed by atoms with Gasteiger partial charge >= 0.3 is 0 Å². The Hall–Kier alpha value is -0.610. The monoisotopic (exact) mass is 227 g/mol. The summed E-state index contributed by atoms with van der Waals surface area (Å²) in [7, 11) is 0. The minimum absolute atomic E-state index is 0.177. The summed E-state index contributed by atoms with van der Waals surface area (Å²) in [5.74, 6) is 0.177. The van der Waals surface area contributed by atoms with Gasteiger partial charge in [0.25, 0.3) is 0 Å². The van der Waals surface area contributed by atoms with E-state index in [9.17, 15) is 4.79 Å². The average molecular weight is 227 g/mol. The van der Waals surface area contributed by atoms with E-state index < -0.39 is 0 Å². The zero-order chi connectivity index (χ0) is 11.8. The van der Waals surface area contributed by atoms with Crippen LogP contribution >= 0.6 is 0 Å². The number of nitrogens with zero attached hydrogens (tertiary/aromatic N) is 1. The highest BCUT2D eigenvalue weighted by Gasteiger charge is 2.22. The summed E-state index contributed by atoms with van der Waals surface area (Å²) in [6, 6.07) is 0.559. The van der Waals surface area contributed by atoms with Gasteiger partial charge in [-0.15, -0.1) is 0 Å². The number of nitrogens with two attached hydrogens (primary N) is 1. The van der Waals surface area contributed by atoms with Gasteiger partial charge in [0.1, 0.15) is 0 Å². The first-order valence-electron chi connectivity index (χ1n) is 6.48. The molecule has 16 heavy (non-hydrogen) atoms. The van der Waals surface area contributed by atoms with Crippen molar-refractivity contribution in [3.05, 3.63) is 0 Å². The smallest absolute Gasteiger partial charge is 0.220 e. The maximum atomic E-state index is 11.5. The molecule has 0 aliphatic carbocycles. The fourth-order valence-electron chi connectivity index (χ4n) is 2.29. The van der Waals surface area contributed by atoms with Gasteiger partial charge < -0.3 is 11.1 Å². The zero-order valence-electron chi connectivity index (χ0n) is 10.4. The summed E-state index contributed by atoms with van der Waals surface area (Å²) in [5.41, 5.74) is 5.39. The number of carbonyl (C=O) groups is 1. The van der Waals surface area contributed by atoms with Crippen molar-refractivity contribution in [2.45, 2.75) is 45.1 Å². The van der Waals surface area contributed by atoms with Crippen LogP contribution < -0.4 is 11.1 Å². The molecule has 94 valence electrons. The van der Waals surface area contributed by atoms with Gasteiger partial charge in [-0.2, -0.15) is 0 Å². The summed E-state index contributed by atoms with van der Waals surface area (Å²) in [4.78, 5) is 13.9. The second-order valence-electron chi connectivity index (χ2n) is 4.47. The van der Waals surface area contributed by atoms with Crippen molar-refractivity contribution in [2.75, 3.05) is 26.2 Å². The molecule has 4 heteroatoms. The van der Waals surface area contributed by atoms with E-state index in [2.05, 4.69) is 17.1 Å². The minimum atomic E-state index is 0.177. The van der Waals surface area contributed by atoms with Crippen molar-refractivity contribution in [3.8, 4) is 0 Å². The van der Waals surface area contributed by atoms with Gasteiger partial charge in [-0.25, -0.2) is 0 Å². The van der Waals surface area contributed by atoms with Crippen molar-refractivity contribution in [3.63, 3.8) is 0 Å². The third kappa shape index (κ3) is 4.49. The number of likely N-dealkylation sites (tertiary alicyclic amines) is 1. The highest BCUT2D eigenvalue weighted by Crippen LogP contribution is 2.15. The second kappa shape index (κ2) is 7.63. The molecule has 1 unspecified atom stereocenters. The molecule has 4 nitrogen and oxygen atoms in total.